The minimum Gasteiger partial charge on any atom is -0.366 e. The van der Waals surface area contributed by atoms with Crippen LogP contribution in [-0.2, 0) is 0 Å². The highest BCUT2D eigenvalue weighted by Crippen LogP contribution is 2.39. The number of aryl methyl sites for hydroxylation is 1. The molecule has 1 nitrogen and oxygen atoms in total. The summed E-state index contributed by atoms with van der Waals surface area (Å²) in [5.74, 6) is 0. The topological polar surface area (TPSA) is 3.24 Å². The van der Waals surface area contributed by atoms with E-state index < -0.39 is 0 Å². The van der Waals surface area contributed by atoms with Crippen molar-refractivity contribution in [2.45, 2.75) is 59.4 Å². The van der Waals surface area contributed by atoms with Gasteiger partial charge in [0.05, 0.1) is 0 Å². The Bertz CT molecular complexity index is 417. The van der Waals surface area contributed by atoms with Gasteiger partial charge in [-0.1, -0.05) is 38.5 Å². The van der Waals surface area contributed by atoms with Gasteiger partial charge in [-0.15, -0.1) is 0 Å². The molecule has 18 heavy (non-hydrogen) atoms. The van der Waals surface area contributed by atoms with Crippen molar-refractivity contribution in [3.63, 3.8) is 0 Å². The van der Waals surface area contributed by atoms with Crippen LogP contribution < -0.4 is 4.90 Å². The number of rotatable bonds is 1. The summed E-state index contributed by atoms with van der Waals surface area (Å²) in [6, 6.07) is 8.80. The molecule has 1 aliphatic rings. The molecule has 1 aromatic carbocycles. The first kappa shape index (κ1) is 13.5. The molecule has 0 bridgehead atoms. The molecular formula is C17H27N. The summed E-state index contributed by atoms with van der Waals surface area (Å²) < 4.78 is 0. The molecule has 0 aromatic heterocycles. The third-order valence-corrected chi connectivity index (χ3v) is 4.37. The molecule has 2 rings (SSSR count). The van der Waals surface area contributed by atoms with E-state index in [1.165, 1.54) is 30.5 Å². The molecular weight excluding hydrogens is 218 g/mol. The first-order chi connectivity index (χ1) is 8.32. The Hall–Kier alpha value is -0.980. The van der Waals surface area contributed by atoms with Crippen molar-refractivity contribution in [3.8, 4) is 0 Å². The summed E-state index contributed by atoms with van der Waals surface area (Å²) in [4.78, 5) is 2.63. The maximum atomic E-state index is 2.63. The maximum Gasteiger partial charge on any atom is 0.0400 e. The highest BCUT2D eigenvalue weighted by Gasteiger charge is 2.35. The Balaban J connectivity index is 2.41. The minimum atomic E-state index is 0.264. The highest BCUT2D eigenvalue weighted by molar-refractivity contribution is 5.55. The standard InChI is InChI=1S/C17H27N/c1-14-9-6-7-10-15(14)18-13-16(2,3)11-8-12-17(18,4)5/h6-7,9-10H,8,11-13H2,1-5H3. The van der Waals surface area contributed by atoms with Gasteiger partial charge in [0.25, 0.3) is 0 Å². The van der Waals surface area contributed by atoms with Crippen LogP contribution >= 0.6 is 0 Å². The van der Waals surface area contributed by atoms with Crippen LogP contribution in [0.1, 0.15) is 52.5 Å². The van der Waals surface area contributed by atoms with E-state index >= 15 is 0 Å². The number of hydrogen-bond donors (Lipinski definition) is 0. The number of para-hydroxylation sites is 1. The van der Waals surface area contributed by atoms with E-state index in [-0.39, 0.29) is 5.54 Å². The van der Waals surface area contributed by atoms with Crippen LogP contribution in [0.5, 0.6) is 0 Å². The average molecular weight is 245 g/mol. The normalized spacial score (nSPS) is 22.6. The van der Waals surface area contributed by atoms with E-state index in [1.807, 2.05) is 0 Å². The lowest BCUT2D eigenvalue weighted by molar-refractivity contribution is 0.344. The van der Waals surface area contributed by atoms with Crippen LogP contribution in [0.25, 0.3) is 0 Å². The lowest BCUT2D eigenvalue weighted by Crippen LogP contribution is -2.46. The number of benzene rings is 1. The lowest BCUT2D eigenvalue weighted by atomic mass is 9.88. The van der Waals surface area contributed by atoms with E-state index in [0.717, 1.165) is 6.54 Å². The molecule has 1 heteroatoms. The van der Waals surface area contributed by atoms with Gasteiger partial charge in [0.1, 0.15) is 0 Å². The molecule has 0 amide bonds. The molecule has 1 heterocycles. The Labute approximate surface area is 112 Å². The molecule has 0 aliphatic carbocycles. The van der Waals surface area contributed by atoms with Crippen LogP contribution in [0.15, 0.2) is 24.3 Å². The van der Waals surface area contributed by atoms with E-state index in [9.17, 15) is 0 Å². The Morgan fingerprint density at radius 2 is 1.67 bits per heavy atom. The zero-order valence-electron chi connectivity index (χ0n) is 12.6. The summed E-state index contributed by atoms with van der Waals surface area (Å²) >= 11 is 0. The number of nitrogens with zero attached hydrogens (tertiary/aromatic N) is 1. The molecule has 1 saturated heterocycles. The van der Waals surface area contributed by atoms with Crippen LogP contribution in [0, 0.1) is 12.3 Å². The first-order valence-corrected chi connectivity index (χ1v) is 7.15. The third kappa shape index (κ3) is 2.71. The predicted octanol–water partition coefficient (Wildman–Crippen LogP) is 4.79. The molecule has 0 radical (unpaired) electrons. The van der Waals surface area contributed by atoms with Gasteiger partial charge in [0.2, 0.25) is 0 Å². The van der Waals surface area contributed by atoms with E-state index in [4.69, 9.17) is 0 Å². The van der Waals surface area contributed by atoms with E-state index in [0.29, 0.717) is 5.41 Å². The van der Waals surface area contributed by atoms with Crippen molar-refractivity contribution < 1.29 is 0 Å². The molecule has 0 unspecified atom stereocenters. The molecule has 1 aliphatic heterocycles. The molecule has 0 spiro atoms. The third-order valence-electron chi connectivity index (χ3n) is 4.37. The van der Waals surface area contributed by atoms with E-state index in [2.05, 4.69) is 63.8 Å². The van der Waals surface area contributed by atoms with Gasteiger partial charge in [-0.05, 0) is 50.7 Å². The van der Waals surface area contributed by atoms with Crippen LogP contribution in [-0.4, -0.2) is 12.1 Å². The summed E-state index contributed by atoms with van der Waals surface area (Å²) in [7, 11) is 0. The highest BCUT2D eigenvalue weighted by atomic mass is 15.2. The predicted molar refractivity (Wildman–Crippen MR) is 80.2 cm³/mol. The van der Waals surface area contributed by atoms with Crippen molar-refractivity contribution in [1.82, 2.24) is 0 Å². The second-order valence-corrected chi connectivity index (χ2v) is 7.20. The first-order valence-electron chi connectivity index (χ1n) is 7.15. The Morgan fingerprint density at radius 3 is 2.33 bits per heavy atom. The van der Waals surface area contributed by atoms with Gasteiger partial charge in [-0.3, -0.25) is 0 Å². The van der Waals surface area contributed by atoms with E-state index in [1.54, 1.807) is 0 Å². The molecule has 0 saturated carbocycles. The van der Waals surface area contributed by atoms with Crippen molar-refractivity contribution in [2.24, 2.45) is 5.41 Å². The molecule has 1 fully saturated rings. The van der Waals surface area contributed by atoms with Crippen LogP contribution in [0.2, 0.25) is 0 Å². The van der Waals surface area contributed by atoms with Gasteiger partial charge in [0.15, 0.2) is 0 Å². The lowest BCUT2D eigenvalue weighted by Gasteiger charge is -2.42. The second kappa shape index (κ2) is 4.60. The quantitative estimate of drug-likeness (QED) is 0.687. The van der Waals surface area contributed by atoms with Crippen molar-refractivity contribution in [1.29, 1.82) is 0 Å². The zero-order valence-corrected chi connectivity index (χ0v) is 12.6. The van der Waals surface area contributed by atoms with Crippen molar-refractivity contribution in [3.05, 3.63) is 29.8 Å². The smallest absolute Gasteiger partial charge is 0.0400 e. The van der Waals surface area contributed by atoms with Gasteiger partial charge >= 0.3 is 0 Å². The Kier molecular flexibility index (Phi) is 3.44. The second-order valence-electron chi connectivity index (χ2n) is 7.20. The van der Waals surface area contributed by atoms with Crippen molar-refractivity contribution in [2.75, 3.05) is 11.4 Å². The van der Waals surface area contributed by atoms with Crippen LogP contribution in [0.3, 0.4) is 0 Å². The molecule has 0 atom stereocenters. The fourth-order valence-electron chi connectivity index (χ4n) is 3.13. The minimum absolute atomic E-state index is 0.264. The summed E-state index contributed by atoms with van der Waals surface area (Å²) in [6.07, 6.45) is 3.95. The van der Waals surface area contributed by atoms with Crippen molar-refractivity contribution >= 4 is 5.69 Å². The fraction of sp³-hybridized carbons (Fsp3) is 0.647. The summed E-state index contributed by atoms with van der Waals surface area (Å²) in [6.45, 7) is 13.0. The zero-order chi connectivity index (χ0) is 13.4. The van der Waals surface area contributed by atoms with Gasteiger partial charge in [-0.25, -0.2) is 0 Å². The SMILES string of the molecule is Cc1ccccc1N1CC(C)(C)CCCC1(C)C. The molecule has 1 aromatic rings. The number of anilines is 1. The molecule has 0 N–H and O–H groups in total. The fourth-order valence-corrected chi connectivity index (χ4v) is 3.13. The largest absolute Gasteiger partial charge is 0.366 e. The summed E-state index contributed by atoms with van der Waals surface area (Å²) in [5.41, 5.74) is 3.48. The average Bonchev–Trinajstić information content (AvgIpc) is 2.36. The molecule has 100 valence electrons. The van der Waals surface area contributed by atoms with Gasteiger partial charge in [-0.2, -0.15) is 0 Å². The number of hydrogen-bond acceptors (Lipinski definition) is 1. The Morgan fingerprint density at radius 1 is 1.00 bits per heavy atom. The van der Waals surface area contributed by atoms with Crippen LogP contribution in [0.4, 0.5) is 5.69 Å². The maximum absolute atomic E-state index is 2.63. The summed E-state index contributed by atoms with van der Waals surface area (Å²) in [5, 5.41) is 0. The van der Waals surface area contributed by atoms with Gasteiger partial charge < -0.3 is 4.90 Å². The monoisotopic (exact) mass is 245 g/mol. The van der Waals surface area contributed by atoms with Gasteiger partial charge in [0, 0.05) is 17.8 Å².